The highest BCUT2D eigenvalue weighted by atomic mass is 32.2. The van der Waals surface area contributed by atoms with Gasteiger partial charge in [0.1, 0.15) is 29.0 Å². The third-order valence-corrected chi connectivity index (χ3v) is 6.06. The predicted molar refractivity (Wildman–Crippen MR) is 127 cm³/mol. The number of methoxy groups -OCH3 is 4. The summed E-state index contributed by atoms with van der Waals surface area (Å²) in [6.45, 7) is -0.751. The Hall–Kier alpha value is -3.48. The number of amides is 1. The number of hydrogen-bond donors (Lipinski definition) is 4. The van der Waals surface area contributed by atoms with Crippen molar-refractivity contribution in [3.05, 3.63) is 47.7 Å². The van der Waals surface area contributed by atoms with Crippen LogP contribution < -0.4 is 34.7 Å². The van der Waals surface area contributed by atoms with Gasteiger partial charge in [0.05, 0.1) is 52.0 Å². The lowest BCUT2D eigenvalue weighted by Crippen LogP contribution is -2.47. The number of nitrogens with two attached hydrogens (primary N) is 1. The molecule has 0 unspecified atom stereocenters. The number of aliphatic hydroxyl groups is 1. The standard InChI is InChI=1S/C22H29N3O8S/c1-30-15-10-20(32-3)16(21(11-15)33-4)7-8-24-22(27)18(12-26)25-34(28,29)13-14-5-6-19(31-2)17(23)9-14/h5-11,18,25-26H,12-13,23H2,1-4H3,(H,24,27)/b8-7+/t18-/m0/s1. The second-order valence-electron chi connectivity index (χ2n) is 6.98. The van der Waals surface area contributed by atoms with Crippen molar-refractivity contribution in [2.45, 2.75) is 11.8 Å². The maximum Gasteiger partial charge on any atom is 0.244 e. The smallest absolute Gasteiger partial charge is 0.244 e. The lowest BCUT2D eigenvalue weighted by molar-refractivity contribution is -0.122. The molecule has 5 N–H and O–H groups in total. The molecule has 0 aliphatic heterocycles. The van der Waals surface area contributed by atoms with Crippen molar-refractivity contribution in [1.29, 1.82) is 0 Å². The molecule has 0 radical (unpaired) electrons. The molecule has 2 aromatic carbocycles. The van der Waals surface area contributed by atoms with E-state index in [0.29, 0.717) is 34.1 Å². The van der Waals surface area contributed by atoms with E-state index in [1.165, 1.54) is 46.8 Å². The van der Waals surface area contributed by atoms with Crippen LogP contribution in [0.1, 0.15) is 11.1 Å². The van der Waals surface area contributed by atoms with Crippen LogP contribution in [0.25, 0.3) is 6.08 Å². The molecule has 0 aliphatic rings. The van der Waals surface area contributed by atoms with Crippen LogP contribution in [0, 0.1) is 0 Å². The summed E-state index contributed by atoms with van der Waals surface area (Å²) in [5.74, 6) is 0.589. The number of sulfonamides is 1. The molecular formula is C22H29N3O8S. The zero-order chi connectivity index (χ0) is 25.3. The van der Waals surface area contributed by atoms with Gasteiger partial charge in [-0.2, -0.15) is 0 Å². The van der Waals surface area contributed by atoms with Crippen molar-refractivity contribution in [3.8, 4) is 23.0 Å². The molecule has 11 nitrogen and oxygen atoms in total. The molecule has 0 spiro atoms. The first-order valence-corrected chi connectivity index (χ1v) is 11.6. The quantitative estimate of drug-likeness (QED) is 0.313. The van der Waals surface area contributed by atoms with Crippen molar-refractivity contribution in [2.24, 2.45) is 0 Å². The third kappa shape index (κ3) is 7.01. The van der Waals surface area contributed by atoms with E-state index in [1.54, 1.807) is 24.3 Å². The summed E-state index contributed by atoms with van der Waals surface area (Å²) in [6, 6.07) is 6.42. The van der Waals surface area contributed by atoms with Crippen LogP contribution in [0.15, 0.2) is 36.5 Å². The summed E-state index contributed by atoms with van der Waals surface area (Å²) in [7, 11) is 1.91. The molecule has 0 aromatic heterocycles. The summed E-state index contributed by atoms with van der Waals surface area (Å²) in [6.07, 6.45) is 2.80. The van der Waals surface area contributed by atoms with E-state index in [2.05, 4.69) is 10.0 Å². The zero-order valence-corrected chi connectivity index (χ0v) is 20.1. The van der Waals surface area contributed by atoms with Gasteiger partial charge in [-0.3, -0.25) is 4.79 Å². The van der Waals surface area contributed by atoms with Crippen LogP contribution in [0.2, 0.25) is 0 Å². The highest BCUT2D eigenvalue weighted by Gasteiger charge is 2.24. The van der Waals surface area contributed by atoms with Gasteiger partial charge in [-0.05, 0) is 23.8 Å². The van der Waals surface area contributed by atoms with E-state index in [0.717, 1.165) is 0 Å². The van der Waals surface area contributed by atoms with Gasteiger partial charge in [0.2, 0.25) is 15.9 Å². The van der Waals surface area contributed by atoms with E-state index in [1.807, 2.05) is 0 Å². The van der Waals surface area contributed by atoms with Crippen molar-refractivity contribution < 1.29 is 37.3 Å². The fourth-order valence-electron chi connectivity index (χ4n) is 3.03. The molecule has 1 amide bonds. The number of nitrogen functional groups attached to an aromatic ring is 1. The molecule has 1 atom stereocenters. The normalized spacial score (nSPS) is 12.3. The molecule has 0 bridgehead atoms. The Labute approximate surface area is 198 Å². The first-order valence-electron chi connectivity index (χ1n) is 9.98. The Bertz CT molecular complexity index is 1110. The van der Waals surface area contributed by atoms with E-state index in [9.17, 15) is 18.3 Å². The number of nitrogens with one attached hydrogen (secondary N) is 2. The molecule has 186 valence electrons. The topological polar surface area (TPSA) is 158 Å². The fourth-order valence-corrected chi connectivity index (χ4v) is 4.35. The van der Waals surface area contributed by atoms with Crippen LogP contribution >= 0.6 is 0 Å². The molecule has 0 aliphatic carbocycles. The summed E-state index contributed by atoms with van der Waals surface area (Å²) in [5.41, 5.74) is 7.00. The highest BCUT2D eigenvalue weighted by Crippen LogP contribution is 2.34. The molecule has 0 fully saturated rings. The molecule has 12 heteroatoms. The Morgan fingerprint density at radius 2 is 1.65 bits per heavy atom. The molecule has 2 aromatic rings. The second-order valence-corrected chi connectivity index (χ2v) is 8.73. The third-order valence-electron chi connectivity index (χ3n) is 4.70. The lowest BCUT2D eigenvalue weighted by atomic mass is 10.1. The van der Waals surface area contributed by atoms with Crippen LogP contribution in [-0.2, 0) is 20.6 Å². The number of ether oxygens (including phenoxy) is 4. The maximum absolute atomic E-state index is 12.5. The van der Waals surface area contributed by atoms with Gasteiger partial charge in [-0.15, -0.1) is 0 Å². The van der Waals surface area contributed by atoms with Crippen molar-refractivity contribution in [3.63, 3.8) is 0 Å². The summed E-state index contributed by atoms with van der Waals surface area (Å²) < 4.78 is 48.1. The second kappa shape index (κ2) is 12.1. The first kappa shape index (κ1) is 26.8. The van der Waals surface area contributed by atoms with Crippen molar-refractivity contribution in [2.75, 3.05) is 40.8 Å². The lowest BCUT2D eigenvalue weighted by Gasteiger charge is -2.16. The van der Waals surface area contributed by atoms with Crippen LogP contribution in [-0.4, -0.2) is 60.5 Å². The minimum atomic E-state index is -3.98. The largest absolute Gasteiger partial charge is 0.496 e. The number of anilines is 1. The Morgan fingerprint density at radius 3 is 2.15 bits per heavy atom. The number of carbonyl (C=O) groups excluding carboxylic acids is 1. The van der Waals surface area contributed by atoms with E-state index >= 15 is 0 Å². The maximum atomic E-state index is 12.5. The average Bonchev–Trinajstić information content (AvgIpc) is 2.82. The molecule has 0 saturated heterocycles. The number of rotatable bonds is 12. The highest BCUT2D eigenvalue weighted by molar-refractivity contribution is 7.88. The van der Waals surface area contributed by atoms with Gasteiger partial charge in [0.15, 0.2) is 0 Å². The van der Waals surface area contributed by atoms with E-state index < -0.39 is 34.3 Å². The number of hydrogen-bond acceptors (Lipinski definition) is 9. The number of carbonyl (C=O) groups is 1. The molecule has 0 heterocycles. The van der Waals surface area contributed by atoms with Gasteiger partial charge in [0.25, 0.3) is 0 Å². The van der Waals surface area contributed by atoms with Gasteiger partial charge in [0, 0.05) is 18.3 Å². The van der Waals surface area contributed by atoms with Gasteiger partial charge < -0.3 is 35.1 Å². The Kier molecular flexibility index (Phi) is 9.54. The van der Waals surface area contributed by atoms with Crippen LogP contribution in [0.5, 0.6) is 23.0 Å². The minimum absolute atomic E-state index is 0.279. The fraction of sp³-hybridized carbons (Fsp3) is 0.318. The van der Waals surface area contributed by atoms with Gasteiger partial charge in [-0.1, -0.05) is 6.07 Å². The summed E-state index contributed by atoms with van der Waals surface area (Å²) >= 11 is 0. The van der Waals surface area contributed by atoms with Crippen molar-refractivity contribution >= 4 is 27.7 Å². The van der Waals surface area contributed by atoms with Crippen molar-refractivity contribution in [1.82, 2.24) is 10.0 Å². The minimum Gasteiger partial charge on any atom is -0.496 e. The van der Waals surface area contributed by atoms with Gasteiger partial charge in [-0.25, -0.2) is 13.1 Å². The summed E-state index contributed by atoms with van der Waals surface area (Å²) in [5, 5.41) is 12.0. The van der Waals surface area contributed by atoms with Crippen LogP contribution in [0.3, 0.4) is 0 Å². The zero-order valence-electron chi connectivity index (χ0n) is 19.3. The number of benzene rings is 2. The molecule has 2 rings (SSSR count). The number of aliphatic hydroxyl groups excluding tert-OH is 1. The monoisotopic (exact) mass is 495 g/mol. The molecule has 34 heavy (non-hydrogen) atoms. The van der Waals surface area contributed by atoms with E-state index in [4.69, 9.17) is 24.7 Å². The SMILES string of the molecule is COc1cc(OC)c(/C=C/NC(=O)[C@H](CO)NS(=O)(=O)Cc2ccc(OC)c(N)c2)c(OC)c1. The summed E-state index contributed by atoms with van der Waals surface area (Å²) in [4.78, 5) is 12.5. The first-order chi connectivity index (χ1) is 16.2. The predicted octanol–water partition coefficient (Wildman–Crippen LogP) is 0.871. The average molecular weight is 496 g/mol. The van der Waals surface area contributed by atoms with Crippen LogP contribution in [0.4, 0.5) is 5.69 Å². The molecular weight excluding hydrogens is 466 g/mol. The van der Waals surface area contributed by atoms with E-state index in [-0.39, 0.29) is 5.69 Å². The Morgan fingerprint density at radius 1 is 1.03 bits per heavy atom. The molecule has 0 saturated carbocycles. The Balaban J connectivity index is 2.10. The van der Waals surface area contributed by atoms with Gasteiger partial charge >= 0.3 is 0 Å².